The first kappa shape index (κ1) is 60.3. The Labute approximate surface area is 386 Å². The van der Waals surface area contributed by atoms with Crippen LogP contribution in [0.25, 0.3) is 0 Å². The molecule has 366 valence electrons. The molecule has 0 aliphatic heterocycles. The monoisotopic (exact) mass is 874 g/mol. The third-order valence-electron chi connectivity index (χ3n) is 12.8. The Morgan fingerprint density at radius 1 is 0.468 bits per heavy atom. The van der Waals surface area contributed by atoms with Crippen LogP contribution in [0.2, 0.25) is 0 Å². The maximum Gasteiger partial charge on any atom is 0.306 e. The number of allylic oxidation sites excluding steroid dienone is 4. The number of aliphatic hydroxyl groups is 2. The third-order valence-corrected chi connectivity index (χ3v) is 12.8. The fraction of sp³-hybridized carbons (Fsp3) is 0.893. The summed E-state index contributed by atoms with van der Waals surface area (Å²) in [6.07, 6.45) is 58.1. The summed E-state index contributed by atoms with van der Waals surface area (Å²) in [5, 5.41) is 23.8. The Bertz CT molecular complexity index is 981. The van der Waals surface area contributed by atoms with Crippen molar-refractivity contribution in [1.82, 2.24) is 5.32 Å². The molecule has 0 bridgehead atoms. The lowest BCUT2D eigenvalue weighted by atomic mass is 10.0. The van der Waals surface area contributed by atoms with Crippen molar-refractivity contribution in [1.29, 1.82) is 0 Å². The molecule has 3 unspecified atom stereocenters. The minimum Gasteiger partial charge on any atom is -0.462 e. The Hall–Kier alpha value is -1.66. The van der Waals surface area contributed by atoms with Gasteiger partial charge in [0.1, 0.15) is 6.10 Å². The van der Waals surface area contributed by atoms with Gasteiger partial charge in [0.2, 0.25) is 5.91 Å². The molecule has 0 heterocycles. The average molecular weight is 874 g/mol. The van der Waals surface area contributed by atoms with Gasteiger partial charge in [-0.05, 0) is 57.8 Å². The molecule has 0 aromatic rings. The summed E-state index contributed by atoms with van der Waals surface area (Å²) < 4.78 is 5.95. The molecule has 6 nitrogen and oxygen atoms in total. The lowest BCUT2D eigenvalue weighted by Crippen LogP contribution is -2.46. The molecular weight excluding hydrogens is 767 g/mol. The lowest BCUT2D eigenvalue weighted by Gasteiger charge is -2.24. The maximum absolute atomic E-state index is 13.2. The van der Waals surface area contributed by atoms with Crippen molar-refractivity contribution in [3.05, 3.63) is 24.3 Å². The smallest absolute Gasteiger partial charge is 0.306 e. The van der Waals surface area contributed by atoms with E-state index in [9.17, 15) is 19.8 Å². The third kappa shape index (κ3) is 44.9. The predicted octanol–water partition coefficient (Wildman–Crippen LogP) is 16.7. The summed E-state index contributed by atoms with van der Waals surface area (Å²) in [6, 6.07) is -0.697. The summed E-state index contributed by atoms with van der Waals surface area (Å²) >= 11 is 0. The van der Waals surface area contributed by atoms with Crippen LogP contribution >= 0.6 is 0 Å². The number of hydrogen-bond acceptors (Lipinski definition) is 5. The second-order valence-electron chi connectivity index (χ2n) is 19.0. The number of ether oxygens (including phenoxy) is 1. The lowest BCUT2D eigenvalue weighted by molar-refractivity contribution is -0.151. The van der Waals surface area contributed by atoms with Gasteiger partial charge in [0.15, 0.2) is 0 Å². The van der Waals surface area contributed by atoms with Crippen molar-refractivity contribution in [3.8, 4) is 0 Å². The van der Waals surface area contributed by atoms with E-state index in [4.69, 9.17) is 4.74 Å². The number of carbonyl (C=O) groups is 2. The molecule has 0 saturated carbocycles. The van der Waals surface area contributed by atoms with Gasteiger partial charge < -0.3 is 20.3 Å². The Morgan fingerprint density at radius 3 is 1.26 bits per heavy atom. The first-order valence-corrected chi connectivity index (χ1v) is 27.6. The van der Waals surface area contributed by atoms with Crippen LogP contribution in [-0.4, -0.2) is 46.9 Å². The van der Waals surface area contributed by atoms with E-state index in [-0.39, 0.29) is 24.9 Å². The van der Waals surface area contributed by atoms with E-state index < -0.39 is 18.2 Å². The van der Waals surface area contributed by atoms with Crippen LogP contribution in [0, 0.1) is 0 Å². The largest absolute Gasteiger partial charge is 0.462 e. The second-order valence-corrected chi connectivity index (χ2v) is 19.0. The van der Waals surface area contributed by atoms with Gasteiger partial charge in [-0.3, -0.25) is 9.59 Å². The molecular formula is C56H107NO5. The molecule has 6 heteroatoms. The topological polar surface area (TPSA) is 95.9 Å². The minimum atomic E-state index is -0.783. The van der Waals surface area contributed by atoms with Crippen molar-refractivity contribution in [2.45, 2.75) is 315 Å². The number of amides is 1. The Morgan fingerprint density at radius 2 is 0.823 bits per heavy atom. The number of unbranched alkanes of at least 4 members (excludes halogenated alkanes) is 34. The van der Waals surface area contributed by atoms with Crippen molar-refractivity contribution in [2.75, 3.05) is 6.61 Å². The summed E-state index contributed by atoms with van der Waals surface area (Å²) in [6.45, 7) is 6.48. The number of aliphatic hydroxyl groups excluding tert-OH is 2. The van der Waals surface area contributed by atoms with Gasteiger partial charge in [0.05, 0.1) is 25.2 Å². The van der Waals surface area contributed by atoms with Gasteiger partial charge in [-0.25, -0.2) is 0 Å². The molecule has 0 radical (unpaired) electrons. The van der Waals surface area contributed by atoms with Crippen LogP contribution in [-0.2, 0) is 14.3 Å². The van der Waals surface area contributed by atoms with Crippen LogP contribution in [0.3, 0.4) is 0 Å². The number of esters is 1. The standard InChI is InChI=1S/C56H107NO5/c1-4-7-10-13-16-19-22-25-26-27-28-29-30-31-34-37-40-43-46-49-56(61)62-52(47-44-41-38-35-32-23-20-17-14-11-8-5-2)50-55(60)57-53(51-58)54(59)48-45-42-39-36-33-24-21-18-15-12-9-6-3/h16,19,25-26,52-54,58-59H,4-15,17-18,20-24,27-51H2,1-3H3,(H,57,60)/b19-16-,26-25-. The molecule has 0 saturated heterocycles. The summed E-state index contributed by atoms with van der Waals surface area (Å²) in [5.41, 5.74) is 0. The van der Waals surface area contributed by atoms with Crippen molar-refractivity contribution < 1.29 is 24.5 Å². The number of rotatable bonds is 50. The SMILES string of the molecule is CCCCC/C=C\C/C=C\CCCCCCCCCCCC(=O)OC(CCCCCCCCCCCCCC)CC(=O)NC(CO)C(O)CCCCCCCCCCCCCC. The van der Waals surface area contributed by atoms with Gasteiger partial charge in [-0.2, -0.15) is 0 Å². The maximum atomic E-state index is 13.2. The predicted molar refractivity (Wildman–Crippen MR) is 269 cm³/mol. The van der Waals surface area contributed by atoms with E-state index in [0.29, 0.717) is 19.3 Å². The van der Waals surface area contributed by atoms with Gasteiger partial charge in [0, 0.05) is 6.42 Å². The van der Waals surface area contributed by atoms with E-state index in [0.717, 1.165) is 51.4 Å². The highest BCUT2D eigenvalue weighted by Crippen LogP contribution is 2.19. The normalized spacial score (nSPS) is 13.3. The van der Waals surface area contributed by atoms with Crippen molar-refractivity contribution >= 4 is 11.9 Å². The quantitative estimate of drug-likeness (QED) is 0.0321. The van der Waals surface area contributed by atoms with Crippen LogP contribution < -0.4 is 5.32 Å². The summed E-state index contributed by atoms with van der Waals surface area (Å²) in [4.78, 5) is 26.2. The van der Waals surface area contributed by atoms with E-state index in [1.54, 1.807) is 0 Å². The molecule has 0 fully saturated rings. The molecule has 0 aliphatic rings. The highest BCUT2D eigenvalue weighted by atomic mass is 16.5. The molecule has 0 aromatic heterocycles. The van der Waals surface area contributed by atoms with E-state index >= 15 is 0 Å². The van der Waals surface area contributed by atoms with Gasteiger partial charge >= 0.3 is 5.97 Å². The fourth-order valence-electron chi connectivity index (χ4n) is 8.58. The minimum absolute atomic E-state index is 0.0818. The van der Waals surface area contributed by atoms with Crippen LogP contribution in [0.5, 0.6) is 0 Å². The Balaban J connectivity index is 4.47. The van der Waals surface area contributed by atoms with E-state index in [1.807, 2.05) is 0 Å². The molecule has 3 N–H and O–H groups in total. The molecule has 0 rings (SSSR count). The summed E-state index contributed by atoms with van der Waals surface area (Å²) in [7, 11) is 0. The van der Waals surface area contributed by atoms with Crippen molar-refractivity contribution in [2.24, 2.45) is 0 Å². The molecule has 0 aliphatic carbocycles. The molecule has 0 aromatic carbocycles. The summed E-state index contributed by atoms with van der Waals surface area (Å²) in [5.74, 6) is -0.462. The zero-order valence-electron chi connectivity index (χ0n) is 41.8. The second kappa shape index (κ2) is 50.3. The van der Waals surface area contributed by atoms with Gasteiger partial charge in [-0.15, -0.1) is 0 Å². The molecule has 62 heavy (non-hydrogen) atoms. The number of hydrogen-bond donors (Lipinski definition) is 3. The highest BCUT2D eigenvalue weighted by Gasteiger charge is 2.24. The van der Waals surface area contributed by atoms with Gasteiger partial charge in [0.25, 0.3) is 0 Å². The van der Waals surface area contributed by atoms with Gasteiger partial charge in [-0.1, -0.05) is 251 Å². The number of carbonyl (C=O) groups excluding carboxylic acids is 2. The van der Waals surface area contributed by atoms with Crippen LogP contribution in [0.4, 0.5) is 0 Å². The fourth-order valence-corrected chi connectivity index (χ4v) is 8.58. The van der Waals surface area contributed by atoms with E-state index in [2.05, 4.69) is 50.4 Å². The van der Waals surface area contributed by atoms with Crippen molar-refractivity contribution in [3.63, 3.8) is 0 Å². The average Bonchev–Trinajstić information content (AvgIpc) is 3.26. The zero-order valence-corrected chi connectivity index (χ0v) is 41.8. The zero-order chi connectivity index (χ0) is 45.2. The Kier molecular flexibility index (Phi) is 49.0. The highest BCUT2D eigenvalue weighted by molar-refractivity contribution is 5.77. The molecule has 1 amide bonds. The van der Waals surface area contributed by atoms with E-state index in [1.165, 1.54) is 199 Å². The first-order valence-electron chi connectivity index (χ1n) is 27.6. The van der Waals surface area contributed by atoms with Crippen LogP contribution in [0.15, 0.2) is 24.3 Å². The van der Waals surface area contributed by atoms with Crippen LogP contribution in [0.1, 0.15) is 297 Å². The first-order chi connectivity index (χ1) is 30.5. The number of nitrogens with one attached hydrogen (secondary N) is 1. The molecule has 3 atom stereocenters. The molecule has 0 spiro atoms.